The number of hydrogen-bond donors (Lipinski definition) is 1. The number of carbonyl (C=O) groups is 1. The van der Waals surface area contributed by atoms with Crippen LogP contribution in [0.3, 0.4) is 0 Å². The highest BCUT2D eigenvalue weighted by Crippen LogP contribution is 2.34. The summed E-state index contributed by atoms with van der Waals surface area (Å²) in [7, 11) is 0. The molecule has 0 radical (unpaired) electrons. The summed E-state index contributed by atoms with van der Waals surface area (Å²) in [5.41, 5.74) is 0.323. The lowest BCUT2D eigenvalue weighted by Gasteiger charge is -2.28. The number of amides is 1. The Labute approximate surface area is 105 Å². The Balaban J connectivity index is 1.94. The van der Waals surface area contributed by atoms with E-state index >= 15 is 0 Å². The first-order valence-corrected chi connectivity index (χ1v) is 6.92. The van der Waals surface area contributed by atoms with Crippen molar-refractivity contribution < 1.29 is 4.79 Å². The fourth-order valence-corrected chi connectivity index (χ4v) is 3.03. The second kappa shape index (κ2) is 4.60. The molecule has 0 aliphatic carbocycles. The van der Waals surface area contributed by atoms with Crippen LogP contribution in [0.25, 0.3) is 0 Å². The predicted octanol–water partition coefficient (Wildman–Crippen LogP) is 1.88. The molecule has 0 saturated carbocycles. The van der Waals surface area contributed by atoms with Crippen molar-refractivity contribution in [2.75, 3.05) is 19.6 Å². The Hall–Kier alpha value is -0.570. The molecule has 98 valence electrons. The van der Waals surface area contributed by atoms with E-state index in [1.807, 2.05) is 0 Å². The molecule has 0 spiro atoms. The minimum Gasteiger partial charge on any atom is -0.341 e. The standard InChI is InChI=1S/C14H26N2O/c1-10-5-7-15-12(10)13(17)16-8-6-11(9-16)14(2,3)4/h10-12,15H,5-9H2,1-4H3. The van der Waals surface area contributed by atoms with Crippen LogP contribution in [0.2, 0.25) is 0 Å². The zero-order valence-electron chi connectivity index (χ0n) is 11.6. The maximum atomic E-state index is 12.4. The summed E-state index contributed by atoms with van der Waals surface area (Å²) in [6.07, 6.45) is 2.29. The molecular weight excluding hydrogens is 212 g/mol. The van der Waals surface area contributed by atoms with Crippen LogP contribution < -0.4 is 5.32 Å². The number of rotatable bonds is 1. The van der Waals surface area contributed by atoms with Gasteiger partial charge in [-0.1, -0.05) is 27.7 Å². The van der Waals surface area contributed by atoms with Gasteiger partial charge in [0.15, 0.2) is 0 Å². The van der Waals surface area contributed by atoms with Gasteiger partial charge < -0.3 is 10.2 Å². The Kier molecular flexibility index (Phi) is 3.48. The number of likely N-dealkylation sites (tertiary alicyclic amines) is 1. The molecule has 0 aromatic carbocycles. The summed E-state index contributed by atoms with van der Waals surface area (Å²) < 4.78 is 0. The Morgan fingerprint density at radius 3 is 2.47 bits per heavy atom. The average Bonchev–Trinajstić information content (AvgIpc) is 2.83. The van der Waals surface area contributed by atoms with E-state index in [-0.39, 0.29) is 6.04 Å². The fourth-order valence-electron chi connectivity index (χ4n) is 3.03. The lowest BCUT2D eigenvalue weighted by molar-refractivity contribution is -0.133. The fraction of sp³-hybridized carbons (Fsp3) is 0.929. The lowest BCUT2D eigenvalue weighted by atomic mass is 9.80. The molecule has 0 bridgehead atoms. The normalized spacial score (nSPS) is 34.4. The third-order valence-corrected chi connectivity index (χ3v) is 4.52. The zero-order chi connectivity index (χ0) is 12.6. The zero-order valence-corrected chi connectivity index (χ0v) is 11.6. The molecule has 3 heteroatoms. The minimum atomic E-state index is 0.0775. The molecule has 3 nitrogen and oxygen atoms in total. The third kappa shape index (κ3) is 2.65. The molecule has 3 unspecified atom stereocenters. The molecule has 0 aromatic heterocycles. The largest absolute Gasteiger partial charge is 0.341 e. The maximum absolute atomic E-state index is 12.4. The van der Waals surface area contributed by atoms with Gasteiger partial charge >= 0.3 is 0 Å². The van der Waals surface area contributed by atoms with E-state index < -0.39 is 0 Å². The van der Waals surface area contributed by atoms with Crippen LogP contribution >= 0.6 is 0 Å². The highest BCUT2D eigenvalue weighted by Gasteiger charge is 2.38. The molecule has 2 rings (SSSR count). The van der Waals surface area contributed by atoms with Gasteiger partial charge in [-0.25, -0.2) is 0 Å². The van der Waals surface area contributed by atoms with Crippen LogP contribution in [-0.2, 0) is 4.79 Å². The van der Waals surface area contributed by atoms with Crippen molar-refractivity contribution in [2.24, 2.45) is 17.3 Å². The smallest absolute Gasteiger partial charge is 0.239 e. The summed E-state index contributed by atoms with van der Waals surface area (Å²) >= 11 is 0. The van der Waals surface area contributed by atoms with Gasteiger partial charge in [0.25, 0.3) is 0 Å². The van der Waals surface area contributed by atoms with Crippen LogP contribution in [-0.4, -0.2) is 36.5 Å². The lowest BCUT2D eigenvalue weighted by Crippen LogP contribution is -2.45. The average molecular weight is 238 g/mol. The Morgan fingerprint density at radius 1 is 1.29 bits per heavy atom. The molecule has 17 heavy (non-hydrogen) atoms. The monoisotopic (exact) mass is 238 g/mol. The van der Waals surface area contributed by atoms with Crippen LogP contribution in [0.4, 0.5) is 0 Å². The summed E-state index contributed by atoms with van der Waals surface area (Å²) in [4.78, 5) is 14.5. The van der Waals surface area contributed by atoms with Gasteiger partial charge in [0.1, 0.15) is 0 Å². The molecular formula is C14H26N2O. The first-order chi connectivity index (χ1) is 7.89. The minimum absolute atomic E-state index is 0.0775. The predicted molar refractivity (Wildman–Crippen MR) is 69.7 cm³/mol. The topological polar surface area (TPSA) is 32.3 Å². The number of nitrogens with one attached hydrogen (secondary N) is 1. The Bertz CT molecular complexity index is 295. The van der Waals surface area contributed by atoms with Crippen molar-refractivity contribution >= 4 is 5.91 Å². The first kappa shape index (κ1) is 12.9. The van der Waals surface area contributed by atoms with E-state index in [9.17, 15) is 4.79 Å². The third-order valence-electron chi connectivity index (χ3n) is 4.52. The first-order valence-electron chi connectivity index (χ1n) is 6.92. The van der Waals surface area contributed by atoms with E-state index in [0.29, 0.717) is 23.2 Å². The molecule has 2 saturated heterocycles. The van der Waals surface area contributed by atoms with Gasteiger partial charge in [0, 0.05) is 13.1 Å². The van der Waals surface area contributed by atoms with E-state index in [2.05, 4.69) is 37.9 Å². The molecule has 2 fully saturated rings. The SMILES string of the molecule is CC1CCNC1C(=O)N1CCC(C(C)(C)C)C1. The van der Waals surface area contributed by atoms with Crippen molar-refractivity contribution in [2.45, 2.75) is 46.6 Å². The van der Waals surface area contributed by atoms with Crippen molar-refractivity contribution in [1.29, 1.82) is 0 Å². The van der Waals surface area contributed by atoms with Gasteiger partial charge in [0.2, 0.25) is 5.91 Å². The summed E-state index contributed by atoms with van der Waals surface area (Å²) in [5.74, 6) is 1.49. The number of nitrogens with zero attached hydrogens (tertiary/aromatic N) is 1. The van der Waals surface area contributed by atoms with Gasteiger partial charge in [-0.2, -0.15) is 0 Å². The van der Waals surface area contributed by atoms with Crippen LogP contribution in [0.1, 0.15) is 40.5 Å². The quantitative estimate of drug-likeness (QED) is 0.756. The molecule has 2 aliphatic rings. The summed E-state index contributed by atoms with van der Waals surface area (Å²) in [5, 5.41) is 3.35. The maximum Gasteiger partial charge on any atom is 0.239 e. The Morgan fingerprint density at radius 2 is 2.00 bits per heavy atom. The van der Waals surface area contributed by atoms with E-state index in [1.165, 1.54) is 0 Å². The van der Waals surface area contributed by atoms with Gasteiger partial charge in [-0.15, -0.1) is 0 Å². The van der Waals surface area contributed by atoms with Gasteiger partial charge in [-0.3, -0.25) is 4.79 Å². The van der Waals surface area contributed by atoms with E-state index in [0.717, 1.165) is 32.5 Å². The number of hydrogen-bond acceptors (Lipinski definition) is 2. The second-order valence-electron chi connectivity index (χ2n) is 6.83. The van der Waals surface area contributed by atoms with Crippen LogP contribution in [0, 0.1) is 17.3 Å². The van der Waals surface area contributed by atoms with Crippen LogP contribution in [0.15, 0.2) is 0 Å². The highest BCUT2D eigenvalue weighted by molar-refractivity contribution is 5.82. The summed E-state index contributed by atoms with van der Waals surface area (Å²) in [6.45, 7) is 11.9. The molecule has 2 heterocycles. The van der Waals surface area contributed by atoms with Crippen molar-refractivity contribution in [3.05, 3.63) is 0 Å². The highest BCUT2D eigenvalue weighted by atomic mass is 16.2. The second-order valence-corrected chi connectivity index (χ2v) is 6.83. The molecule has 2 aliphatic heterocycles. The number of carbonyl (C=O) groups excluding carboxylic acids is 1. The molecule has 0 aromatic rings. The van der Waals surface area contributed by atoms with Gasteiger partial charge in [-0.05, 0) is 36.6 Å². The molecule has 3 atom stereocenters. The molecule has 1 amide bonds. The van der Waals surface area contributed by atoms with E-state index in [1.54, 1.807) is 0 Å². The van der Waals surface area contributed by atoms with Crippen molar-refractivity contribution in [3.8, 4) is 0 Å². The van der Waals surface area contributed by atoms with Gasteiger partial charge in [0.05, 0.1) is 6.04 Å². The van der Waals surface area contributed by atoms with E-state index in [4.69, 9.17) is 0 Å². The molecule has 1 N–H and O–H groups in total. The van der Waals surface area contributed by atoms with Crippen LogP contribution in [0.5, 0.6) is 0 Å². The van der Waals surface area contributed by atoms with Crippen molar-refractivity contribution in [3.63, 3.8) is 0 Å². The van der Waals surface area contributed by atoms with Crippen molar-refractivity contribution in [1.82, 2.24) is 10.2 Å². The summed E-state index contributed by atoms with van der Waals surface area (Å²) in [6, 6.07) is 0.0775.